The number of aromatic nitrogens is 1. The molecule has 1 saturated heterocycles. The van der Waals surface area contributed by atoms with Crippen molar-refractivity contribution in [1.82, 2.24) is 10.3 Å². The summed E-state index contributed by atoms with van der Waals surface area (Å²) in [7, 11) is -0.938. The van der Waals surface area contributed by atoms with Crippen molar-refractivity contribution in [3.05, 3.63) is 23.9 Å². The van der Waals surface area contributed by atoms with E-state index in [1.54, 1.807) is 6.20 Å². The van der Waals surface area contributed by atoms with Crippen molar-refractivity contribution in [2.24, 2.45) is 0 Å². The first-order valence-electron chi connectivity index (χ1n) is 6.99. The maximum absolute atomic E-state index is 11.6. The summed E-state index contributed by atoms with van der Waals surface area (Å²) >= 11 is 0. The number of sulfone groups is 1. The molecule has 0 aliphatic carbocycles. The van der Waals surface area contributed by atoms with Crippen LogP contribution < -0.4 is 10.2 Å². The lowest BCUT2D eigenvalue weighted by atomic mass is 10.2. The summed E-state index contributed by atoms with van der Waals surface area (Å²) in [6, 6.07) is 4.49. The van der Waals surface area contributed by atoms with Crippen LogP contribution in [0.15, 0.2) is 18.3 Å². The number of nitrogens with one attached hydrogen (secondary N) is 1. The van der Waals surface area contributed by atoms with Crippen LogP contribution in [-0.2, 0) is 16.4 Å². The number of pyridine rings is 1. The maximum atomic E-state index is 11.6. The van der Waals surface area contributed by atoms with Crippen molar-refractivity contribution >= 4 is 15.7 Å². The van der Waals surface area contributed by atoms with E-state index in [9.17, 15) is 8.42 Å². The van der Waals surface area contributed by atoms with E-state index in [0.717, 1.165) is 17.9 Å². The van der Waals surface area contributed by atoms with Gasteiger partial charge in [-0.1, -0.05) is 13.8 Å². The molecule has 0 radical (unpaired) electrons. The van der Waals surface area contributed by atoms with Gasteiger partial charge in [-0.2, -0.15) is 0 Å². The zero-order valence-corrected chi connectivity index (χ0v) is 13.2. The standard InChI is InChI=1S/C14H23N3O2S/c1-11(2)16-9-12-4-6-15-14(8-12)17(3)13-5-7-20(18,19)10-13/h4,6,8,11,13,16H,5,7,9-10H2,1-3H3. The number of hydrogen-bond acceptors (Lipinski definition) is 5. The van der Waals surface area contributed by atoms with Gasteiger partial charge in [0.15, 0.2) is 9.84 Å². The van der Waals surface area contributed by atoms with Gasteiger partial charge in [0.25, 0.3) is 0 Å². The second-order valence-electron chi connectivity index (χ2n) is 5.73. The first-order valence-corrected chi connectivity index (χ1v) is 8.81. The number of hydrogen-bond donors (Lipinski definition) is 1. The minimum atomic E-state index is -2.86. The zero-order chi connectivity index (χ0) is 14.8. The molecule has 6 heteroatoms. The highest BCUT2D eigenvalue weighted by atomic mass is 32.2. The fourth-order valence-corrected chi connectivity index (χ4v) is 4.13. The number of rotatable bonds is 5. The third-order valence-corrected chi connectivity index (χ3v) is 5.39. The van der Waals surface area contributed by atoms with E-state index in [0.29, 0.717) is 12.5 Å². The molecular weight excluding hydrogens is 274 g/mol. The summed E-state index contributed by atoms with van der Waals surface area (Å²) in [5.41, 5.74) is 1.16. The minimum Gasteiger partial charge on any atom is -0.356 e. The largest absolute Gasteiger partial charge is 0.356 e. The molecule has 1 fully saturated rings. The average Bonchev–Trinajstić information content (AvgIpc) is 2.76. The van der Waals surface area contributed by atoms with E-state index in [4.69, 9.17) is 0 Å². The van der Waals surface area contributed by atoms with Crippen molar-refractivity contribution in [3.63, 3.8) is 0 Å². The smallest absolute Gasteiger partial charge is 0.152 e. The summed E-state index contributed by atoms with van der Waals surface area (Å²) in [4.78, 5) is 6.35. The molecule has 112 valence electrons. The number of anilines is 1. The second kappa shape index (κ2) is 6.10. The molecule has 0 spiro atoms. The van der Waals surface area contributed by atoms with E-state index in [2.05, 4.69) is 24.1 Å². The van der Waals surface area contributed by atoms with Crippen LogP contribution in [0.1, 0.15) is 25.8 Å². The topological polar surface area (TPSA) is 62.3 Å². The molecule has 1 aromatic rings. The molecule has 2 heterocycles. The van der Waals surface area contributed by atoms with Gasteiger partial charge in [-0.15, -0.1) is 0 Å². The molecule has 0 bridgehead atoms. The van der Waals surface area contributed by atoms with Crippen molar-refractivity contribution in [2.45, 2.75) is 38.9 Å². The fraction of sp³-hybridized carbons (Fsp3) is 0.643. The number of nitrogens with zero attached hydrogens (tertiary/aromatic N) is 2. The first-order chi connectivity index (χ1) is 9.37. The molecule has 0 saturated carbocycles. The summed E-state index contributed by atoms with van der Waals surface area (Å²) < 4.78 is 23.1. The van der Waals surface area contributed by atoms with Gasteiger partial charge < -0.3 is 10.2 Å². The van der Waals surface area contributed by atoms with Crippen molar-refractivity contribution < 1.29 is 8.42 Å². The van der Waals surface area contributed by atoms with Crippen LogP contribution in [0.3, 0.4) is 0 Å². The molecule has 1 unspecified atom stereocenters. The van der Waals surface area contributed by atoms with Gasteiger partial charge in [-0.25, -0.2) is 13.4 Å². The summed E-state index contributed by atoms with van der Waals surface area (Å²) in [5.74, 6) is 1.37. The Balaban J connectivity index is 2.06. The van der Waals surface area contributed by atoms with Crippen molar-refractivity contribution in [1.29, 1.82) is 0 Å². The van der Waals surface area contributed by atoms with E-state index >= 15 is 0 Å². The van der Waals surface area contributed by atoms with Crippen LogP contribution in [0.25, 0.3) is 0 Å². The van der Waals surface area contributed by atoms with Gasteiger partial charge in [0.2, 0.25) is 0 Å². The fourth-order valence-electron chi connectivity index (χ4n) is 2.35. The van der Waals surface area contributed by atoms with E-state index in [-0.39, 0.29) is 17.5 Å². The van der Waals surface area contributed by atoms with Gasteiger partial charge in [-0.05, 0) is 24.1 Å². The van der Waals surface area contributed by atoms with Gasteiger partial charge in [0, 0.05) is 31.9 Å². The second-order valence-corrected chi connectivity index (χ2v) is 7.95. The minimum absolute atomic E-state index is 0.0424. The maximum Gasteiger partial charge on any atom is 0.152 e. The lowest BCUT2D eigenvalue weighted by molar-refractivity contribution is 0.588. The molecule has 5 nitrogen and oxygen atoms in total. The summed E-state index contributed by atoms with van der Waals surface area (Å²) in [6.07, 6.45) is 2.47. The lowest BCUT2D eigenvalue weighted by Crippen LogP contribution is -2.33. The molecule has 1 aliphatic rings. The molecule has 1 aromatic heterocycles. The molecule has 1 atom stereocenters. The highest BCUT2D eigenvalue weighted by Crippen LogP contribution is 2.21. The monoisotopic (exact) mass is 297 g/mol. The van der Waals surface area contributed by atoms with Crippen LogP contribution >= 0.6 is 0 Å². The lowest BCUT2D eigenvalue weighted by Gasteiger charge is -2.24. The van der Waals surface area contributed by atoms with Gasteiger partial charge in [0.1, 0.15) is 5.82 Å². The van der Waals surface area contributed by atoms with Crippen LogP contribution in [0.4, 0.5) is 5.82 Å². The first kappa shape index (κ1) is 15.3. The van der Waals surface area contributed by atoms with E-state index < -0.39 is 9.84 Å². The zero-order valence-electron chi connectivity index (χ0n) is 12.3. The predicted octanol–water partition coefficient (Wildman–Crippen LogP) is 1.20. The third-order valence-electron chi connectivity index (χ3n) is 3.64. The molecular formula is C14H23N3O2S. The Hall–Kier alpha value is -1.14. The Kier molecular flexibility index (Phi) is 4.65. The molecule has 0 aromatic carbocycles. The highest BCUT2D eigenvalue weighted by Gasteiger charge is 2.31. The van der Waals surface area contributed by atoms with Gasteiger partial charge in [-0.3, -0.25) is 0 Å². The van der Waals surface area contributed by atoms with Crippen LogP contribution in [0, 0.1) is 0 Å². The van der Waals surface area contributed by atoms with Crippen molar-refractivity contribution in [3.8, 4) is 0 Å². The Labute approximate surface area is 121 Å². The normalized spacial score (nSPS) is 21.3. The van der Waals surface area contributed by atoms with E-state index in [1.165, 1.54) is 0 Å². The summed E-state index contributed by atoms with van der Waals surface area (Å²) in [6.45, 7) is 5.01. The van der Waals surface area contributed by atoms with Crippen LogP contribution in [0.2, 0.25) is 0 Å². The Morgan fingerprint density at radius 3 is 2.85 bits per heavy atom. The molecule has 0 amide bonds. The average molecular weight is 297 g/mol. The molecule has 2 rings (SSSR count). The van der Waals surface area contributed by atoms with Crippen LogP contribution in [0.5, 0.6) is 0 Å². The van der Waals surface area contributed by atoms with Gasteiger partial charge in [0.05, 0.1) is 11.5 Å². The predicted molar refractivity (Wildman–Crippen MR) is 81.7 cm³/mol. The van der Waals surface area contributed by atoms with Gasteiger partial charge >= 0.3 is 0 Å². The Bertz CT molecular complexity index is 557. The third kappa shape index (κ3) is 3.93. The highest BCUT2D eigenvalue weighted by molar-refractivity contribution is 7.91. The van der Waals surface area contributed by atoms with Crippen molar-refractivity contribution in [2.75, 3.05) is 23.5 Å². The van der Waals surface area contributed by atoms with Crippen LogP contribution in [-0.4, -0.2) is 44.0 Å². The van der Waals surface area contributed by atoms with E-state index in [1.807, 2.05) is 24.1 Å². The quantitative estimate of drug-likeness (QED) is 0.885. The molecule has 1 aliphatic heterocycles. The Morgan fingerprint density at radius 2 is 2.25 bits per heavy atom. The molecule has 20 heavy (non-hydrogen) atoms. The Morgan fingerprint density at radius 1 is 1.50 bits per heavy atom. The SMILES string of the molecule is CC(C)NCc1ccnc(N(C)C2CCS(=O)(=O)C2)c1. The summed E-state index contributed by atoms with van der Waals surface area (Å²) in [5, 5.41) is 3.37. The molecule has 1 N–H and O–H groups in total.